The third-order valence-corrected chi connectivity index (χ3v) is 5.89. The van der Waals surface area contributed by atoms with Crippen molar-refractivity contribution in [3.8, 4) is 5.69 Å². The monoisotopic (exact) mass is 457 g/mol. The Morgan fingerprint density at radius 2 is 2.06 bits per heavy atom. The van der Waals surface area contributed by atoms with Gasteiger partial charge in [0.05, 0.1) is 17.6 Å². The van der Waals surface area contributed by atoms with E-state index in [4.69, 9.17) is 16.3 Å². The second kappa shape index (κ2) is 8.52. The Bertz CT molecular complexity index is 1270. The lowest BCUT2D eigenvalue weighted by atomic mass is 10.3. The molecule has 0 fully saturated rings. The summed E-state index contributed by atoms with van der Waals surface area (Å²) in [6.07, 6.45) is 1.60. The molecule has 8 nitrogen and oxygen atoms in total. The molecule has 0 spiro atoms. The average molecular weight is 458 g/mol. The number of anilines is 1. The van der Waals surface area contributed by atoms with Crippen molar-refractivity contribution in [2.75, 3.05) is 11.9 Å². The molecular formula is C21H20ClN5O3S. The fourth-order valence-corrected chi connectivity index (χ4v) is 4.40. The van der Waals surface area contributed by atoms with Crippen LogP contribution in [0.1, 0.15) is 35.3 Å². The number of amides is 1. The molecule has 0 radical (unpaired) electrons. The quantitative estimate of drug-likeness (QED) is 0.426. The Kier molecular flexibility index (Phi) is 5.79. The first kappa shape index (κ1) is 21.1. The number of nitrogens with one attached hydrogen (secondary N) is 1. The van der Waals surface area contributed by atoms with Crippen molar-refractivity contribution in [2.24, 2.45) is 0 Å². The Labute approximate surface area is 187 Å². The van der Waals surface area contributed by atoms with Crippen LogP contribution in [0.25, 0.3) is 15.9 Å². The van der Waals surface area contributed by atoms with Gasteiger partial charge >= 0.3 is 5.97 Å². The van der Waals surface area contributed by atoms with E-state index >= 15 is 0 Å². The number of aromatic nitrogens is 4. The number of thiophene rings is 1. The van der Waals surface area contributed by atoms with E-state index in [1.54, 1.807) is 39.8 Å². The van der Waals surface area contributed by atoms with Crippen LogP contribution in [0.2, 0.25) is 5.02 Å². The van der Waals surface area contributed by atoms with Crippen LogP contribution in [-0.4, -0.2) is 38.0 Å². The third-order valence-electron chi connectivity index (χ3n) is 4.56. The molecule has 4 rings (SSSR count). The van der Waals surface area contributed by atoms with Crippen LogP contribution in [-0.2, 0) is 9.53 Å². The van der Waals surface area contributed by atoms with Crippen molar-refractivity contribution in [2.45, 2.75) is 26.8 Å². The van der Waals surface area contributed by atoms with Gasteiger partial charge in [-0.25, -0.2) is 14.2 Å². The highest BCUT2D eigenvalue weighted by molar-refractivity contribution is 7.20. The molecule has 0 unspecified atom stereocenters. The predicted molar refractivity (Wildman–Crippen MR) is 120 cm³/mol. The number of halogens is 1. The number of hydrogen-bond donors (Lipinski definition) is 1. The Balaban J connectivity index is 1.48. The number of aryl methyl sites for hydroxylation is 1. The first-order valence-corrected chi connectivity index (χ1v) is 10.8. The van der Waals surface area contributed by atoms with Gasteiger partial charge in [0.25, 0.3) is 5.91 Å². The van der Waals surface area contributed by atoms with E-state index in [2.05, 4.69) is 15.5 Å². The van der Waals surface area contributed by atoms with Crippen LogP contribution in [0.4, 0.5) is 5.82 Å². The molecule has 1 N–H and O–H groups in total. The number of benzene rings is 1. The van der Waals surface area contributed by atoms with E-state index in [0.717, 1.165) is 21.6 Å². The molecular weight excluding hydrogens is 438 g/mol. The minimum atomic E-state index is -0.564. The van der Waals surface area contributed by atoms with Gasteiger partial charge in [-0.15, -0.1) is 11.3 Å². The molecule has 160 valence electrons. The number of hydrogen-bond acceptors (Lipinski definition) is 6. The van der Waals surface area contributed by atoms with Gasteiger partial charge in [0.1, 0.15) is 15.5 Å². The zero-order valence-electron chi connectivity index (χ0n) is 17.1. The van der Waals surface area contributed by atoms with Crippen LogP contribution in [0, 0.1) is 6.92 Å². The van der Waals surface area contributed by atoms with E-state index in [9.17, 15) is 9.59 Å². The van der Waals surface area contributed by atoms with Gasteiger partial charge in [-0.3, -0.25) is 4.79 Å². The topological polar surface area (TPSA) is 91.0 Å². The summed E-state index contributed by atoms with van der Waals surface area (Å²) in [5.74, 6) is -0.445. The van der Waals surface area contributed by atoms with Crippen LogP contribution in [0.3, 0.4) is 0 Å². The van der Waals surface area contributed by atoms with Crippen molar-refractivity contribution < 1.29 is 14.3 Å². The molecule has 0 atom stereocenters. The zero-order chi connectivity index (χ0) is 22.1. The van der Waals surface area contributed by atoms with E-state index in [-0.39, 0.29) is 6.04 Å². The molecule has 0 bridgehead atoms. The second-order valence-electron chi connectivity index (χ2n) is 7.19. The summed E-state index contributed by atoms with van der Waals surface area (Å²) >= 11 is 7.36. The number of ether oxygens (including phenoxy) is 1. The molecule has 0 aliphatic rings. The lowest BCUT2D eigenvalue weighted by Crippen LogP contribution is -2.22. The van der Waals surface area contributed by atoms with Crippen molar-refractivity contribution >= 4 is 50.8 Å². The van der Waals surface area contributed by atoms with Gasteiger partial charge in [-0.1, -0.05) is 17.7 Å². The number of fused-ring (bicyclic) bond motifs is 1. The van der Waals surface area contributed by atoms with Gasteiger partial charge in [0.2, 0.25) is 0 Å². The van der Waals surface area contributed by atoms with Crippen LogP contribution in [0.15, 0.2) is 42.6 Å². The Morgan fingerprint density at radius 1 is 1.26 bits per heavy atom. The van der Waals surface area contributed by atoms with E-state index in [1.165, 1.54) is 11.3 Å². The molecule has 3 aromatic heterocycles. The minimum absolute atomic E-state index is 0.0914. The largest absolute Gasteiger partial charge is 0.451 e. The van der Waals surface area contributed by atoms with Crippen molar-refractivity contribution in [3.05, 3.63) is 58.2 Å². The van der Waals surface area contributed by atoms with E-state index in [0.29, 0.717) is 15.7 Å². The molecule has 0 aliphatic heterocycles. The SMILES string of the molecule is Cc1nn(-c2cccc(Cl)c2)c2sc(C(=O)OCC(=O)Nc3ccnn3C(C)C)cc12. The maximum absolute atomic E-state index is 12.5. The van der Waals surface area contributed by atoms with Gasteiger partial charge < -0.3 is 10.1 Å². The Hall–Kier alpha value is -3.17. The highest BCUT2D eigenvalue weighted by Crippen LogP contribution is 2.31. The summed E-state index contributed by atoms with van der Waals surface area (Å²) < 4.78 is 8.65. The van der Waals surface area contributed by atoms with Crippen LogP contribution in [0.5, 0.6) is 0 Å². The van der Waals surface area contributed by atoms with Crippen molar-refractivity contribution in [1.29, 1.82) is 0 Å². The summed E-state index contributed by atoms with van der Waals surface area (Å²) in [5.41, 5.74) is 1.58. The molecule has 0 saturated carbocycles. The van der Waals surface area contributed by atoms with Crippen molar-refractivity contribution in [3.63, 3.8) is 0 Å². The summed E-state index contributed by atoms with van der Waals surface area (Å²) in [7, 11) is 0. The zero-order valence-corrected chi connectivity index (χ0v) is 18.7. The first-order valence-electron chi connectivity index (χ1n) is 9.59. The lowest BCUT2D eigenvalue weighted by molar-refractivity contribution is -0.119. The first-order chi connectivity index (χ1) is 14.8. The lowest BCUT2D eigenvalue weighted by Gasteiger charge is -2.11. The fourth-order valence-electron chi connectivity index (χ4n) is 3.14. The van der Waals surface area contributed by atoms with Crippen LogP contribution < -0.4 is 5.32 Å². The Morgan fingerprint density at radius 3 is 2.81 bits per heavy atom. The van der Waals surface area contributed by atoms with Gasteiger partial charge in [0, 0.05) is 22.5 Å². The maximum Gasteiger partial charge on any atom is 0.348 e. The average Bonchev–Trinajstić information content (AvgIpc) is 3.43. The standard InChI is InChI=1S/C21H20ClN5O3S/c1-12(2)26-18(7-8-23-26)24-19(28)11-30-21(29)17-10-16-13(3)25-27(20(16)31-17)15-6-4-5-14(22)9-15/h4-10,12H,11H2,1-3H3,(H,24,28). The normalized spacial score (nSPS) is 11.3. The summed E-state index contributed by atoms with van der Waals surface area (Å²) in [6, 6.07) is 10.8. The third kappa shape index (κ3) is 4.33. The summed E-state index contributed by atoms with van der Waals surface area (Å²) in [6.45, 7) is 5.39. The predicted octanol–water partition coefficient (Wildman–Crippen LogP) is 4.62. The van der Waals surface area contributed by atoms with Gasteiger partial charge in [-0.2, -0.15) is 10.2 Å². The highest BCUT2D eigenvalue weighted by atomic mass is 35.5. The molecule has 3 heterocycles. The fraction of sp³-hybridized carbons (Fsp3) is 0.238. The molecule has 4 aromatic rings. The molecule has 1 amide bonds. The smallest absolute Gasteiger partial charge is 0.348 e. The maximum atomic E-state index is 12.5. The second-order valence-corrected chi connectivity index (χ2v) is 8.65. The number of rotatable bonds is 6. The molecule has 1 aromatic carbocycles. The van der Waals surface area contributed by atoms with Crippen LogP contribution >= 0.6 is 22.9 Å². The van der Waals surface area contributed by atoms with E-state index in [1.807, 2.05) is 32.9 Å². The summed E-state index contributed by atoms with van der Waals surface area (Å²) in [5, 5.41) is 12.9. The molecule has 31 heavy (non-hydrogen) atoms. The molecule has 10 heteroatoms. The van der Waals surface area contributed by atoms with Gasteiger partial charge in [0.15, 0.2) is 6.61 Å². The van der Waals surface area contributed by atoms with Crippen molar-refractivity contribution in [1.82, 2.24) is 19.6 Å². The van der Waals surface area contributed by atoms with Gasteiger partial charge in [-0.05, 0) is 45.0 Å². The summed E-state index contributed by atoms with van der Waals surface area (Å²) in [4.78, 5) is 26.0. The highest BCUT2D eigenvalue weighted by Gasteiger charge is 2.19. The molecule has 0 aliphatic carbocycles. The number of carbonyl (C=O) groups is 2. The number of carbonyl (C=O) groups excluding carboxylic acids is 2. The minimum Gasteiger partial charge on any atom is -0.451 e. The number of nitrogens with zero attached hydrogens (tertiary/aromatic N) is 4. The number of esters is 1. The molecule has 0 saturated heterocycles. The van der Waals surface area contributed by atoms with E-state index < -0.39 is 18.5 Å².